The van der Waals surface area contributed by atoms with Gasteiger partial charge in [0.1, 0.15) is 0 Å². The number of nitrogens with zero attached hydrogens (tertiary/aromatic N) is 1. The van der Waals surface area contributed by atoms with Crippen LogP contribution in [-0.4, -0.2) is 43.2 Å². The second-order valence-electron chi connectivity index (χ2n) is 7.06. The Hall–Kier alpha value is -0.900. The Morgan fingerprint density at radius 1 is 1.14 bits per heavy atom. The Kier molecular flexibility index (Phi) is 5.51. The van der Waals surface area contributed by atoms with Crippen LogP contribution in [0.4, 0.5) is 0 Å². The molecular weight excluding hydrogens is 272 g/mol. The third kappa shape index (κ3) is 3.89. The van der Waals surface area contributed by atoms with Gasteiger partial charge in [0.2, 0.25) is 0 Å². The summed E-state index contributed by atoms with van der Waals surface area (Å²) in [6.45, 7) is 9.06. The molecule has 2 saturated heterocycles. The van der Waals surface area contributed by atoms with Crippen LogP contribution in [0.2, 0.25) is 0 Å². The van der Waals surface area contributed by atoms with Crippen molar-refractivity contribution in [2.24, 2.45) is 5.92 Å². The van der Waals surface area contributed by atoms with Crippen LogP contribution in [0.3, 0.4) is 0 Å². The lowest BCUT2D eigenvalue weighted by Crippen LogP contribution is -2.46. The van der Waals surface area contributed by atoms with Crippen molar-refractivity contribution in [3.63, 3.8) is 0 Å². The molecule has 2 aliphatic rings. The zero-order valence-electron chi connectivity index (χ0n) is 14.0. The monoisotopic (exact) mass is 302 g/mol. The molecule has 2 atom stereocenters. The molecule has 3 nitrogen and oxygen atoms in total. The first-order valence-electron chi connectivity index (χ1n) is 8.88. The average molecular weight is 302 g/mol. The fraction of sp³-hybridized carbons (Fsp3) is 0.684. The lowest BCUT2D eigenvalue weighted by Gasteiger charge is -2.35. The lowest BCUT2D eigenvalue weighted by atomic mass is 9.94. The van der Waals surface area contributed by atoms with Crippen LogP contribution in [0.25, 0.3) is 0 Å². The SMILES string of the molecule is CC(C)N1CCC(NC[C@H]2CCO[C@H]2c2ccccc2)CC1. The summed E-state index contributed by atoms with van der Waals surface area (Å²) in [7, 11) is 0. The summed E-state index contributed by atoms with van der Waals surface area (Å²) in [4.78, 5) is 2.59. The molecule has 0 unspecified atom stereocenters. The molecule has 122 valence electrons. The number of hydrogen-bond acceptors (Lipinski definition) is 3. The van der Waals surface area contributed by atoms with E-state index in [9.17, 15) is 0 Å². The summed E-state index contributed by atoms with van der Waals surface area (Å²) in [5.41, 5.74) is 1.33. The largest absolute Gasteiger partial charge is 0.373 e. The number of piperidine rings is 1. The van der Waals surface area contributed by atoms with Gasteiger partial charge in [-0.15, -0.1) is 0 Å². The van der Waals surface area contributed by atoms with E-state index in [0.717, 1.165) is 13.2 Å². The van der Waals surface area contributed by atoms with Crippen LogP contribution in [0.5, 0.6) is 0 Å². The molecule has 0 saturated carbocycles. The smallest absolute Gasteiger partial charge is 0.0866 e. The summed E-state index contributed by atoms with van der Waals surface area (Å²) in [5.74, 6) is 0.616. The van der Waals surface area contributed by atoms with E-state index in [4.69, 9.17) is 4.74 Å². The van der Waals surface area contributed by atoms with E-state index in [0.29, 0.717) is 18.0 Å². The van der Waals surface area contributed by atoms with Crippen molar-refractivity contribution >= 4 is 0 Å². The van der Waals surface area contributed by atoms with Crippen molar-refractivity contribution in [3.05, 3.63) is 35.9 Å². The molecule has 2 heterocycles. The predicted molar refractivity (Wildman–Crippen MR) is 91.0 cm³/mol. The Morgan fingerprint density at radius 2 is 1.86 bits per heavy atom. The van der Waals surface area contributed by atoms with Gasteiger partial charge >= 0.3 is 0 Å². The molecule has 1 N–H and O–H groups in total. The molecule has 3 rings (SSSR count). The fourth-order valence-corrected chi connectivity index (χ4v) is 3.79. The predicted octanol–water partition coefficient (Wildman–Crippen LogP) is 3.23. The maximum atomic E-state index is 5.99. The number of nitrogens with one attached hydrogen (secondary N) is 1. The van der Waals surface area contributed by atoms with Gasteiger partial charge in [0, 0.05) is 31.2 Å². The summed E-state index contributed by atoms with van der Waals surface area (Å²) >= 11 is 0. The lowest BCUT2D eigenvalue weighted by molar-refractivity contribution is 0.0880. The molecule has 2 fully saturated rings. The molecule has 0 aliphatic carbocycles. The number of benzene rings is 1. The molecular formula is C19H30N2O. The van der Waals surface area contributed by atoms with Crippen LogP contribution in [0.15, 0.2) is 30.3 Å². The van der Waals surface area contributed by atoms with Crippen molar-refractivity contribution < 1.29 is 4.74 Å². The molecule has 2 aliphatic heterocycles. The Morgan fingerprint density at radius 3 is 2.55 bits per heavy atom. The van der Waals surface area contributed by atoms with Gasteiger partial charge in [-0.2, -0.15) is 0 Å². The van der Waals surface area contributed by atoms with Gasteiger partial charge in [0.15, 0.2) is 0 Å². The number of hydrogen-bond donors (Lipinski definition) is 1. The first-order valence-corrected chi connectivity index (χ1v) is 8.88. The van der Waals surface area contributed by atoms with Gasteiger partial charge in [0.05, 0.1) is 6.10 Å². The van der Waals surface area contributed by atoms with E-state index in [-0.39, 0.29) is 6.10 Å². The molecule has 0 aromatic heterocycles. The fourth-order valence-electron chi connectivity index (χ4n) is 3.79. The molecule has 0 radical (unpaired) electrons. The van der Waals surface area contributed by atoms with E-state index in [1.54, 1.807) is 0 Å². The maximum absolute atomic E-state index is 5.99. The Balaban J connectivity index is 1.47. The van der Waals surface area contributed by atoms with Crippen molar-refractivity contribution in [2.45, 2.75) is 51.3 Å². The normalized spacial score (nSPS) is 27.6. The summed E-state index contributed by atoms with van der Waals surface area (Å²) < 4.78 is 5.99. The van der Waals surface area contributed by atoms with Crippen LogP contribution in [0, 0.1) is 5.92 Å². The molecule has 0 bridgehead atoms. The zero-order chi connectivity index (χ0) is 15.4. The van der Waals surface area contributed by atoms with Crippen molar-refractivity contribution in [3.8, 4) is 0 Å². The third-order valence-electron chi connectivity index (χ3n) is 5.27. The van der Waals surface area contributed by atoms with Gasteiger partial charge in [-0.05, 0) is 51.8 Å². The summed E-state index contributed by atoms with van der Waals surface area (Å²) in [5, 5.41) is 3.82. The van der Waals surface area contributed by atoms with Crippen molar-refractivity contribution in [1.29, 1.82) is 0 Å². The minimum atomic E-state index is 0.282. The second-order valence-corrected chi connectivity index (χ2v) is 7.06. The first kappa shape index (κ1) is 16.0. The van der Waals surface area contributed by atoms with Gasteiger partial charge < -0.3 is 15.0 Å². The van der Waals surface area contributed by atoms with Crippen molar-refractivity contribution in [1.82, 2.24) is 10.2 Å². The second kappa shape index (κ2) is 7.58. The van der Waals surface area contributed by atoms with E-state index in [1.165, 1.54) is 37.9 Å². The Labute approximate surface area is 135 Å². The van der Waals surface area contributed by atoms with Gasteiger partial charge in [-0.1, -0.05) is 30.3 Å². The van der Waals surface area contributed by atoms with Crippen LogP contribution in [-0.2, 0) is 4.74 Å². The van der Waals surface area contributed by atoms with E-state index >= 15 is 0 Å². The molecule has 22 heavy (non-hydrogen) atoms. The molecule has 3 heteroatoms. The minimum Gasteiger partial charge on any atom is -0.373 e. The Bertz CT molecular complexity index is 440. The summed E-state index contributed by atoms with van der Waals surface area (Å²) in [6.07, 6.45) is 4.02. The number of likely N-dealkylation sites (tertiary alicyclic amines) is 1. The topological polar surface area (TPSA) is 24.5 Å². The van der Waals surface area contributed by atoms with E-state index in [2.05, 4.69) is 54.4 Å². The molecule has 0 amide bonds. The van der Waals surface area contributed by atoms with E-state index in [1.807, 2.05) is 0 Å². The van der Waals surface area contributed by atoms with Gasteiger partial charge in [0.25, 0.3) is 0 Å². The zero-order valence-corrected chi connectivity index (χ0v) is 14.0. The minimum absolute atomic E-state index is 0.282. The molecule has 1 aromatic rings. The van der Waals surface area contributed by atoms with E-state index < -0.39 is 0 Å². The highest BCUT2D eigenvalue weighted by Gasteiger charge is 2.30. The quantitative estimate of drug-likeness (QED) is 0.904. The highest BCUT2D eigenvalue weighted by atomic mass is 16.5. The maximum Gasteiger partial charge on any atom is 0.0866 e. The highest BCUT2D eigenvalue weighted by Crippen LogP contribution is 2.34. The van der Waals surface area contributed by atoms with Crippen molar-refractivity contribution in [2.75, 3.05) is 26.2 Å². The van der Waals surface area contributed by atoms with Gasteiger partial charge in [-0.25, -0.2) is 0 Å². The highest BCUT2D eigenvalue weighted by molar-refractivity contribution is 5.19. The standard InChI is InChI=1S/C19H30N2O/c1-15(2)21-11-8-18(9-12-21)20-14-17-10-13-22-19(17)16-6-4-3-5-7-16/h3-7,15,17-20H,8-14H2,1-2H3/t17-,19+/m1/s1. The number of ether oxygens (including phenoxy) is 1. The summed E-state index contributed by atoms with van der Waals surface area (Å²) in [6, 6.07) is 12.1. The third-order valence-corrected chi connectivity index (χ3v) is 5.27. The number of rotatable bonds is 5. The average Bonchev–Trinajstić information content (AvgIpc) is 3.02. The van der Waals surface area contributed by atoms with Crippen LogP contribution in [0.1, 0.15) is 44.8 Å². The molecule has 1 aromatic carbocycles. The van der Waals surface area contributed by atoms with Crippen LogP contribution >= 0.6 is 0 Å². The van der Waals surface area contributed by atoms with Gasteiger partial charge in [-0.3, -0.25) is 0 Å². The first-order chi connectivity index (χ1) is 10.7. The molecule has 0 spiro atoms. The van der Waals surface area contributed by atoms with Crippen LogP contribution < -0.4 is 5.32 Å².